The molecule has 0 spiro atoms. The predicted octanol–water partition coefficient (Wildman–Crippen LogP) is 1.96. The van der Waals surface area contributed by atoms with Crippen LogP contribution in [0.2, 0.25) is 0 Å². The lowest BCUT2D eigenvalue weighted by Crippen LogP contribution is -2.42. The number of esters is 1. The number of carbonyl (C=O) groups is 3. The number of nitrogens with one attached hydrogen (secondary N) is 1. The number of aliphatic hydroxyl groups is 1. The highest BCUT2D eigenvalue weighted by Gasteiger charge is 2.49. The van der Waals surface area contributed by atoms with E-state index < -0.39 is 41.2 Å². The second-order valence-corrected chi connectivity index (χ2v) is 7.08. The largest absolute Gasteiger partial charge is 0.491 e. The van der Waals surface area contributed by atoms with Crippen LogP contribution in [0.1, 0.15) is 22.8 Å². The van der Waals surface area contributed by atoms with E-state index in [-0.39, 0.29) is 18.7 Å². The molecule has 1 fully saturated rings. The first kappa shape index (κ1) is 22.2. The van der Waals surface area contributed by atoms with Crippen LogP contribution in [-0.4, -0.2) is 54.3 Å². The van der Waals surface area contributed by atoms with Crippen molar-refractivity contribution < 1.29 is 37.7 Å². The van der Waals surface area contributed by atoms with Gasteiger partial charge in [0.2, 0.25) is 0 Å². The normalized spacial score (nSPS) is 19.2. The van der Waals surface area contributed by atoms with Crippen molar-refractivity contribution >= 4 is 17.9 Å². The van der Waals surface area contributed by atoms with Crippen molar-refractivity contribution in [1.82, 2.24) is 10.2 Å². The van der Waals surface area contributed by atoms with Crippen LogP contribution in [0.4, 0.5) is 13.6 Å². The lowest BCUT2D eigenvalue weighted by Gasteiger charge is -2.23. The van der Waals surface area contributed by atoms with Gasteiger partial charge in [0.1, 0.15) is 24.0 Å². The van der Waals surface area contributed by atoms with Gasteiger partial charge in [0.25, 0.3) is 5.91 Å². The van der Waals surface area contributed by atoms with Crippen molar-refractivity contribution in [1.29, 1.82) is 0 Å². The molecular formula is C21H20F2N2O6. The van der Waals surface area contributed by atoms with Crippen molar-refractivity contribution in [3.05, 3.63) is 65.2 Å². The van der Waals surface area contributed by atoms with Crippen LogP contribution in [0.3, 0.4) is 0 Å². The molecule has 2 aromatic rings. The maximum absolute atomic E-state index is 13.6. The van der Waals surface area contributed by atoms with Crippen LogP contribution < -0.4 is 10.1 Å². The molecule has 3 rings (SSSR count). The molecule has 8 nitrogen and oxygen atoms in total. The van der Waals surface area contributed by atoms with E-state index in [4.69, 9.17) is 4.74 Å². The number of halogens is 2. The minimum Gasteiger partial charge on any atom is -0.491 e. The summed E-state index contributed by atoms with van der Waals surface area (Å²) in [6.45, 7) is 0.756. The molecule has 2 N–H and O–H groups in total. The Morgan fingerprint density at radius 2 is 1.84 bits per heavy atom. The molecule has 2 atom stereocenters. The van der Waals surface area contributed by atoms with Crippen molar-refractivity contribution in [2.24, 2.45) is 0 Å². The first-order valence-corrected chi connectivity index (χ1v) is 9.24. The first-order valence-electron chi connectivity index (χ1n) is 9.24. The van der Waals surface area contributed by atoms with Crippen LogP contribution in [0.25, 0.3) is 0 Å². The summed E-state index contributed by atoms with van der Waals surface area (Å²) in [6, 6.07) is 8.12. The Hall–Kier alpha value is -3.53. The molecule has 3 amide bonds. The number of hydrogen-bond donors (Lipinski definition) is 2. The van der Waals surface area contributed by atoms with Crippen LogP contribution >= 0.6 is 0 Å². The van der Waals surface area contributed by atoms with E-state index in [1.54, 1.807) is 0 Å². The molecule has 0 aromatic heterocycles. The molecule has 0 radical (unpaired) electrons. The first-order chi connectivity index (χ1) is 14.7. The van der Waals surface area contributed by atoms with Gasteiger partial charge in [-0.25, -0.2) is 18.4 Å². The molecule has 1 aliphatic heterocycles. The van der Waals surface area contributed by atoms with Crippen LogP contribution in [0, 0.1) is 11.6 Å². The second-order valence-electron chi connectivity index (χ2n) is 7.08. The molecule has 1 aliphatic rings. The fourth-order valence-corrected chi connectivity index (χ4v) is 3.13. The summed E-state index contributed by atoms with van der Waals surface area (Å²) in [5.41, 5.74) is -1.20. The fraction of sp³-hybridized carbons (Fsp3) is 0.286. The molecule has 2 aromatic carbocycles. The van der Waals surface area contributed by atoms with E-state index in [0.29, 0.717) is 11.3 Å². The van der Waals surface area contributed by atoms with Gasteiger partial charge in [-0.3, -0.25) is 9.69 Å². The number of amides is 3. The third-order valence-electron chi connectivity index (χ3n) is 4.88. The number of nitrogens with zero attached hydrogens (tertiary/aromatic N) is 1. The van der Waals surface area contributed by atoms with Gasteiger partial charge < -0.3 is 19.9 Å². The van der Waals surface area contributed by atoms with Gasteiger partial charge >= 0.3 is 12.0 Å². The minimum absolute atomic E-state index is 0.0729. The molecule has 164 valence electrons. The van der Waals surface area contributed by atoms with Gasteiger partial charge in [-0.1, -0.05) is 6.07 Å². The molecule has 0 bridgehead atoms. The Morgan fingerprint density at radius 3 is 2.45 bits per heavy atom. The van der Waals surface area contributed by atoms with Crippen LogP contribution in [0.15, 0.2) is 42.5 Å². The number of hydrogen-bond acceptors (Lipinski definition) is 6. The number of aliphatic hydroxyl groups excluding tert-OH is 1. The highest BCUT2D eigenvalue weighted by molar-refractivity contribution is 6.07. The average Bonchev–Trinajstić information content (AvgIpc) is 2.97. The molecule has 0 aliphatic carbocycles. The Labute approximate surface area is 176 Å². The minimum atomic E-state index is -1.60. The standard InChI is InChI=1S/C21H20F2N2O6/c1-21(13-5-8-16(22)17(23)9-13)19(28)25(20(29)24-21)10-14(26)11-31-15-6-3-12(4-7-15)18(27)30-2/h3-9,14,26H,10-11H2,1-2H3,(H,24,29). The summed E-state index contributed by atoms with van der Waals surface area (Å²) in [6.07, 6.45) is -1.22. The molecule has 2 unspecified atom stereocenters. The van der Waals surface area contributed by atoms with Crippen molar-refractivity contribution in [2.75, 3.05) is 20.3 Å². The molecule has 10 heteroatoms. The van der Waals surface area contributed by atoms with Crippen molar-refractivity contribution in [3.8, 4) is 5.75 Å². The fourth-order valence-electron chi connectivity index (χ4n) is 3.13. The molecular weight excluding hydrogens is 414 g/mol. The molecule has 1 saturated heterocycles. The maximum atomic E-state index is 13.6. The average molecular weight is 434 g/mol. The Balaban J connectivity index is 1.62. The van der Waals surface area contributed by atoms with Crippen LogP contribution in [0.5, 0.6) is 5.75 Å². The summed E-state index contributed by atoms with van der Waals surface area (Å²) in [5.74, 6) is -3.09. The van der Waals surface area contributed by atoms with E-state index in [2.05, 4.69) is 10.1 Å². The van der Waals surface area contributed by atoms with Crippen molar-refractivity contribution in [2.45, 2.75) is 18.6 Å². The lowest BCUT2D eigenvalue weighted by molar-refractivity contribution is -0.132. The SMILES string of the molecule is COC(=O)c1ccc(OCC(O)CN2C(=O)NC(C)(c3ccc(F)c(F)c3)C2=O)cc1. The summed E-state index contributed by atoms with van der Waals surface area (Å²) >= 11 is 0. The molecule has 0 saturated carbocycles. The smallest absolute Gasteiger partial charge is 0.337 e. The molecule has 1 heterocycles. The van der Waals surface area contributed by atoms with E-state index in [9.17, 15) is 28.3 Å². The van der Waals surface area contributed by atoms with E-state index >= 15 is 0 Å². The van der Waals surface area contributed by atoms with Gasteiger partial charge in [0.15, 0.2) is 11.6 Å². The Kier molecular flexibility index (Phi) is 6.21. The monoisotopic (exact) mass is 434 g/mol. The predicted molar refractivity (Wildman–Crippen MR) is 103 cm³/mol. The zero-order chi connectivity index (χ0) is 22.8. The number of benzene rings is 2. The summed E-state index contributed by atoms with van der Waals surface area (Å²) in [5, 5.41) is 12.7. The number of carbonyl (C=O) groups excluding carboxylic acids is 3. The summed E-state index contributed by atoms with van der Waals surface area (Å²) < 4.78 is 36.8. The second kappa shape index (κ2) is 8.68. The number of rotatable bonds is 7. The van der Waals surface area contributed by atoms with Crippen molar-refractivity contribution in [3.63, 3.8) is 0 Å². The Bertz CT molecular complexity index is 1010. The van der Waals surface area contributed by atoms with Gasteiger partial charge in [0.05, 0.1) is 19.2 Å². The zero-order valence-electron chi connectivity index (χ0n) is 16.7. The topological polar surface area (TPSA) is 105 Å². The zero-order valence-corrected chi connectivity index (χ0v) is 16.7. The van der Waals surface area contributed by atoms with E-state index in [1.165, 1.54) is 44.4 Å². The number of imide groups is 1. The van der Waals surface area contributed by atoms with Gasteiger partial charge in [-0.2, -0.15) is 0 Å². The Morgan fingerprint density at radius 1 is 1.16 bits per heavy atom. The lowest BCUT2D eigenvalue weighted by atomic mass is 9.92. The summed E-state index contributed by atoms with van der Waals surface area (Å²) in [7, 11) is 1.26. The number of urea groups is 1. The third kappa shape index (κ3) is 4.48. The van der Waals surface area contributed by atoms with Gasteiger partial charge in [-0.05, 0) is 48.9 Å². The van der Waals surface area contributed by atoms with Gasteiger partial charge in [-0.15, -0.1) is 0 Å². The number of β-amino-alcohol motifs (C(OH)–C–C–N with tert-alkyl or cyclic N) is 1. The van der Waals surface area contributed by atoms with Crippen LogP contribution in [-0.2, 0) is 15.1 Å². The maximum Gasteiger partial charge on any atom is 0.337 e. The number of ether oxygens (including phenoxy) is 2. The third-order valence-corrected chi connectivity index (χ3v) is 4.88. The van der Waals surface area contributed by atoms with Gasteiger partial charge in [0, 0.05) is 0 Å². The summed E-state index contributed by atoms with van der Waals surface area (Å²) in [4.78, 5) is 37.3. The van der Waals surface area contributed by atoms with E-state index in [1.807, 2.05) is 0 Å². The quantitative estimate of drug-likeness (QED) is 0.510. The van der Waals surface area contributed by atoms with E-state index in [0.717, 1.165) is 17.0 Å². The highest BCUT2D eigenvalue weighted by Crippen LogP contribution is 2.30. The highest BCUT2D eigenvalue weighted by atomic mass is 19.2. The number of methoxy groups -OCH3 is 1. The molecule has 31 heavy (non-hydrogen) atoms.